The second-order valence-electron chi connectivity index (χ2n) is 4.20. The number of nitrogens with zero attached hydrogens (tertiary/aromatic N) is 3. The van der Waals surface area contributed by atoms with Crippen LogP contribution in [0.25, 0.3) is 0 Å². The van der Waals surface area contributed by atoms with Gasteiger partial charge in [0.25, 0.3) is 0 Å². The molecule has 0 aromatic carbocycles. The average molecular weight is 223 g/mol. The van der Waals surface area contributed by atoms with E-state index in [4.69, 9.17) is 4.52 Å². The van der Waals surface area contributed by atoms with Crippen molar-refractivity contribution in [3.8, 4) is 0 Å². The Kier molecular flexibility index (Phi) is 3.22. The Bertz CT molecular complexity index is 375. The lowest BCUT2D eigenvalue weighted by Gasteiger charge is -2.22. The fraction of sp³-hybridized carbons (Fsp3) is 0.727. The number of hydrogen-bond acceptors (Lipinski definition) is 4. The second kappa shape index (κ2) is 4.63. The van der Waals surface area contributed by atoms with Crippen LogP contribution in [0, 0.1) is 6.92 Å². The van der Waals surface area contributed by atoms with Crippen LogP contribution in [0.2, 0.25) is 0 Å². The molecule has 2 rings (SSSR count). The Morgan fingerprint density at radius 2 is 2.44 bits per heavy atom. The predicted molar refractivity (Wildman–Crippen MR) is 57.8 cm³/mol. The molecule has 0 bridgehead atoms. The Morgan fingerprint density at radius 3 is 3.06 bits per heavy atom. The van der Waals surface area contributed by atoms with Crippen LogP contribution in [0.5, 0.6) is 0 Å². The van der Waals surface area contributed by atoms with E-state index >= 15 is 0 Å². The van der Waals surface area contributed by atoms with Crippen molar-refractivity contribution in [2.45, 2.75) is 45.6 Å². The van der Waals surface area contributed by atoms with Gasteiger partial charge in [-0.3, -0.25) is 4.79 Å². The van der Waals surface area contributed by atoms with Crippen molar-refractivity contribution in [2.24, 2.45) is 0 Å². The van der Waals surface area contributed by atoms with Gasteiger partial charge < -0.3 is 9.42 Å². The zero-order valence-corrected chi connectivity index (χ0v) is 9.77. The summed E-state index contributed by atoms with van der Waals surface area (Å²) in [6, 6.07) is 0.403. The summed E-state index contributed by atoms with van der Waals surface area (Å²) >= 11 is 0. The topological polar surface area (TPSA) is 59.2 Å². The number of amides is 1. The summed E-state index contributed by atoms with van der Waals surface area (Å²) in [6.07, 6.45) is 3.51. The summed E-state index contributed by atoms with van der Waals surface area (Å²) in [7, 11) is 0. The van der Waals surface area contributed by atoms with Crippen LogP contribution in [0.15, 0.2) is 4.52 Å². The molecule has 2 heterocycles. The lowest BCUT2D eigenvalue weighted by Crippen LogP contribution is -2.36. The van der Waals surface area contributed by atoms with Crippen LogP contribution < -0.4 is 0 Å². The summed E-state index contributed by atoms with van der Waals surface area (Å²) in [6.45, 7) is 4.72. The van der Waals surface area contributed by atoms with Gasteiger partial charge in [0.1, 0.15) is 0 Å². The van der Waals surface area contributed by atoms with E-state index in [1.165, 1.54) is 0 Å². The third-order valence-electron chi connectivity index (χ3n) is 3.05. The van der Waals surface area contributed by atoms with E-state index in [0.29, 0.717) is 17.8 Å². The van der Waals surface area contributed by atoms with E-state index in [1.807, 2.05) is 4.90 Å². The average Bonchev–Trinajstić information content (AvgIpc) is 2.86. The highest BCUT2D eigenvalue weighted by atomic mass is 16.5. The molecular weight excluding hydrogens is 206 g/mol. The molecule has 1 fully saturated rings. The highest BCUT2D eigenvalue weighted by Crippen LogP contribution is 2.20. The van der Waals surface area contributed by atoms with Crippen molar-refractivity contribution in [1.29, 1.82) is 0 Å². The summed E-state index contributed by atoms with van der Waals surface area (Å²) < 4.78 is 4.85. The van der Waals surface area contributed by atoms with E-state index in [1.54, 1.807) is 6.92 Å². The third-order valence-corrected chi connectivity index (χ3v) is 3.05. The van der Waals surface area contributed by atoms with E-state index in [9.17, 15) is 4.79 Å². The van der Waals surface area contributed by atoms with Crippen LogP contribution >= 0.6 is 0 Å². The van der Waals surface area contributed by atoms with Crippen molar-refractivity contribution in [3.05, 3.63) is 11.7 Å². The quantitative estimate of drug-likeness (QED) is 0.775. The summed E-state index contributed by atoms with van der Waals surface area (Å²) in [4.78, 5) is 18.0. The van der Waals surface area contributed by atoms with Gasteiger partial charge in [0.2, 0.25) is 11.8 Å². The van der Waals surface area contributed by atoms with Gasteiger partial charge in [-0.2, -0.15) is 4.98 Å². The van der Waals surface area contributed by atoms with Crippen LogP contribution in [0.1, 0.15) is 37.9 Å². The van der Waals surface area contributed by atoms with Gasteiger partial charge in [0.05, 0.1) is 6.42 Å². The molecule has 1 aromatic heterocycles. The summed E-state index contributed by atoms with van der Waals surface area (Å²) in [5.74, 6) is 1.12. The van der Waals surface area contributed by atoms with Gasteiger partial charge in [-0.1, -0.05) is 12.1 Å². The molecule has 1 aliphatic rings. The Labute approximate surface area is 94.8 Å². The van der Waals surface area contributed by atoms with Gasteiger partial charge in [-0.25, -0.2) is 0 Å². The van der Waals surface area contributed by atoms with E-state index in [-0.39, 0.29) is 12.3 Å². The molecule has 1 saturated heterocycles. The number of aromatic nitrogens is 2. The number of hydrogen-bond donors (Lipinski definition) is 0. The molecular formula is C11H17N3O2. The maximum absolute atomic E-state index is 12.0. The fourth-order valence-corrected chi connectivity index (χ4v) is 2.24. The third kappa shape index (κ3) is 2.23. The first-order valence-electron chi connectivity index (χ1n) is 5.79. The van der Waals surface area contributed by atoms with Gasteiger partial charge in [0.15, 0.2) is 5.82 Å². The number of carbonyl (C=O) groups is 1. The smallest absolute Gasteiger partial charge is 0.230 e. The first kappa shape index (κ1) is 11.1. The minimum Gasteiger partial charge on any atom is -0.340 e. The second-order valence-corrected chi connectivity index (χ2v) is 4.20. The summed E-state index contributed by atoms with van der Waals surface area (Å²) in [5, 5.41) is 3.74. The highest BCUT2D eigenvalue weighted by Gasteiger charge is 2.27. The van der Waals surface area contributed by atoms with Crippen molar-refractivity contribution in [2.75, 3.05) is 6.54 Å². The number of likely N-dealkylation sites (tertiary alicyclic amines) is 1. The first-order valence-corrected chi connectivity index (χ1v) is 5.79. The highest BCUT2D eigenvalue weighted by molar-refractivity contribution is 5.78. The number of carbonyl (C=O) groups excluding carboxylic acids is 1. The van der Waals surface area contributed by atoms with E-state index in [0.717, 1.165) is 25.8 Å². The zero-order valence-electron chi connectivity index (χ0n) is 9.77. The Hall–Kier alpha value is -1.39. The van der Waals surface area contributed by atoms with Crippen molar-refractivity contribution in [3.63, 3.8) is 0 Å². The van der Waals surface area contributed by atoms with Crippen LogP contribution in [0.4, 0.5) is 0 Å². The van der Waals surface area contributed by atoms with Crippen molar-refractivity contribution in [1.82, 2.24) is 15.0 Å². The van der Waals surface area contributed by atoms with E-state index < -0.39 is 0 Å². The van der Waals surface area contributed by atoms with Gasteiger partial charge in [0, 0.05) is 19.5 Å². The molecule has 0 N–H and O–H groups in total. The number of aryl methyl sites for hydroxylation is 1. The molecule has 88 valence electrons. The first-order chi connectivity index (χ1) is 7.70. The van der Waals surface area contributed by atoms with Gasteiger partial charge in [-0.05, 0) is 19.3 Å². The molecule has 0 radical (unpaired) electrons. The van der Waals surface area contributed by atoms with Crippen LogP contribution in [-0.2, 0) is 11.2 Å². The van der Waals surface area contributed by atoms with Crippen LogP contribution in [0.3, 0.4) is 0 Å². The normalized spacial score (nSPS) is 20.4. The predicted octanol–water partition coefficient (Wildman–Crippen LogP) is 1.32. The molecule has 16 heavy (non-hydrogen) atoms. The minimum absolute atomic E-state index is 0.116. The maximum atomic E-state index is 12.0. The molecule has 5 nitrogen and oxygen atoms in total. The lowest BCUT2D eigenvalue weighted by molar-refractivity contribution is -0.131. The largest absolute Gasteiger partial charge is 0.340 e. The zero-order chi connectivity index (χ0) is 11.5. The molecule has 1 amide bonds. The molecule has 0 saturated carbocycles. The fourth-order valence-electron chi connectivity index (χ4n) is 2.24. The summed E-state index contributed by atoms with van der Waals surface area (Å²) in [5.41, 5.74) is 0. The van der Waals surface area contributed by atoms with Crippen molar-refractivity contribution >= 4 is 5.91 Å². The molecule has 1 aromatic rings. The van der Waals surface area contributed by atoms with Crippen LogP contribution in [-0.4, -0.2) is 33.5 Å². The molecule has 0 spiro atoms. The SMILES string of the molecule is CCC1CCCN1C(=O)Cc1noc(C)n1. The molecule has 1 atom stereocenters. The minimum atomic E-state index is 0.116. The molecule has 0 aliphatic carbocycles. The lowest BCUT2D eigenvalue weighted by atomic mass is 10.1. The number of rotatable bonds is 3. The Morgan fingerprint density at radius 1 is 1.62 bits per heavy atom. The van der Waals surface area contributed by atoms with Crippen molar-refractivity contribution < 1.29 is 9.32 Å². The maximum Gasteiger partial charge on any atom is 0.230 e. The van der Waals surface area contributed by atoms with Gasteiger partial charge in [-0.15, -0.1) is 0 Å². The molecule has 1 aliphatic heterocycles. The molecule has 5 heteroatoms. The van der Waals surface area contributed by atoms with E-state index in [2.05, 4.69) is 17.1 Å². The monoisotopic (exact) mass is 223 g/mol. The standard InChI is InChI=1S/C11H17N3O2/c1-3-9-5-4-6-14(9)11(15)7-10-12-8(2)16-13-10/h9H,3-7H2,1-2H3. The van der Waals surface area contributed by atoms with Gasteiger partial charge >= 0.3 is 0 Å². The molecule has 1 unspecified atom stereocenters. The Balaban J connectivity index is 1.97.